The van der Waals surface area contributed by atoms with Crippen LogP contribution in [0, 0.1) is 0 Å². The maximum absolute atomic E-state index is 11.8. The molecule has 7 heteroatoms. The van der Waals surface area contributed by atoms with Gasteiger partial charge >= 0.3 is 5.97 Å². The van der Waals surface area contributed by atoms with Crippen molar-refractivity contribution in [3.63, 3.8) is 0 Å². The van der Waals surface area contributed by atoms with E-state index >= 15 is 0 Å². The van der Waals surface area contributed by atoms with Crippen LogP contribution in [0.25, 0.3) is 0 Å². The standard InChI is InChI=1S/C15H17N3O4/c1-18-8-7-16-13(18)14(20)17-9-12(19)15(21)22-10-11-5-3-2-4-6-11/h2-8,12,19H,9-10H2,1H3,(H,17,20)/t12-/m1/s1. The number of nitrogens with zero attached hydrogens (tertiary/aromatic N) is 2. The first-order valence-corrected chi connectivity index (χ1v) is 6.72. The fraction of sp³-hybridized carbons (Fsp3) is 0.267. The minimum absolute atomic E-state index is 0.0735. The lowest BCUT2D eigenvalue weighted by atomic mass is 10.2. The zero-order valence-electron chi connectivity index (χ0n) is 12.1. The molecule has 0 saturated carbocycles. The second-order valence-corrected chi connectivity index (χ2v) is 4.68. The number of hydrogen-bond donors (Lipinski definition) is 2. The topological polar surface area (TPSA) is 93.5 Å². The lowest BCUT2D eigenvalue weighted by molar-refractivity contribution is -0.154. The summed E-state index contributed by atoms with van der Waals surface area (Å²) in [6.07, 6.45) is 1.69. The predicted octanol–water partition coefficient (Wildman–Crippen LogP) is 0.254. The maximum Gasteiger partial charge on any atom is 0.337 e. The molecular formula is C15H17N3O4. The predicted molar refractivity (Wildman–Crippen MR) is 77.8 cm³/mol. The van der Waals surface area contributed by atoms with Gasteiger partial charge in [0.05, 0.1) is 6.54 Å². The van der Waals surface area contributed by atoms with Crippen molar-refractivity contribution in [2.75, 3.05) is 6.54 Å². The number of aliphatic hydroxyl groups excluding tert-OH is 1. The van der Waals surface area contributed by atoms with E-state index in [4.69, 9.17) is 4.74 Å². The number of aliphatic hydroxyl groups is 1. The van der Waals surface area contributed by atoms with Crippen molar-refractivity contribution in [2.45, 2.75) is 12.7 Å². The number of nitrogens with one attached hydrogen (secondary N) is 1. The number of carbonyl (C=O) groups is 2. The zero-order chi connectivity index (χ0) is 15.9. The molecule has 7 nitrogen and oxygen atoms in total. The largest absolute Gasteiger partial charge is 0.459 e. The fourth-order valence-electron chi connectivity index (χ4n) is 1.76. The average Bonchev–Trinajstić information content (AvgIpc) is 2.97. The molecule has 1 heterocycles. The first kappa shape index (κ1) is 15.7. The quantitative estimate of drug-likeness (QED) is 0.746. The van der Waals surface area contributed by atoms with Crippen LogP contribution in [0.4, 0.5) is 0 Å². The summed E-state index contributed by atoms with van der Waals surface area (Å²) in [5.41, 5.74) is 0.820. The Hall–Kier alpha value is -2.67. The molecule has 1 aromatic heterocycles. The highest BCUT2D eigenvalue weighted by atomic mass is 16.5. The van der Waals surface area contributed by atoms with Crippen LogP contribution in [0.3, 0.4) is 0 Å². The third-order valence-corrected chi connectivity index (χ3v) is 2.98. The van der Waals surface area contributed by atoms with E-state index in [-0.39, 0.29) is 19.0 Å². The van der Waals surface area contributed by atoms with Gasteiger partial charge in [-0.15, -0.1) is 0 Å². The molecule has 0 spiro atoms. The highest BCUT2D eigenvalue weighted by molar-refractivity contribution is 5.91. The number of rotatable bonds is 6. The molecule has 1 aromatic carbocycles. The highest BCUT2D eigenvalue weighted by Gasteiger charge is 2.19. The van der Waals surface area contributed by atoms with Crippen LogP contribution in [-0.2, 0) is 23.2 Å². The van der Waals surface area contributed by atoms with Gasteiger partial charge in [0, 0.05) is 19.4 Å². The van der Waals surface area contributed by atoms with Gasteiger partial charge in [-0.3, -0.25) is 4.79 Å². The monoisotopic (exact) mass is 303 g/mol. The SMILES string of the molecule is Cn1ccnc1C(=O)NC[C@@H](O)C(=O)OCc1ccccc1. The van der Waals surface area contributed by atoms with Gasteiger partial charge in [-0.2, -0.15) is 0 Å². The summed E-state index contributed by atoms with van der Waals surface area (Å²) in [4.78, 5) is 27.3. The Bertz CT molecular complexity index is 639. The van der Waals surface area contributed by atoms with Gasteiger partial charge in [0.15, 0.2) is 11.9 Å². The third kappa shape index (κ3) is 4.16. The molecule has 0 radical (unpaired) electrons. The van der Waals surface area contributed by atoms with Gasteiger partial charge in [0.2, 0.25) is 0 Å². The van der Waals surface area contributed by atoms with Crippen molar-refractivity contribution < 1.29 is 19.4 Å². The molecule has 0 unspecified atom stereocenters. The first-order valence-electron chi connectivity index (χ1n) is 6.72. The number of carbonyl (C=O) groups excluding carboxylic acids is 2. The summed E-state index contributed by atoms with van der Waals surface area (Å²) in [5.74, 6) is -1.06. The van der Waals surface area contributed by atoms with Gasteiger partial charge in [0.1, 0.15) is 6.61 Å². The second kappa shape index (κ2) is 7.37. The van der Waals surface area contributed by atoms with E-state index in [9.17, 15) is 14.7 Å². The third-order valence-electron chi connectivity index (χ3n) is 2.98. The van der Waals surface area contributed by atoms with E-state index < -0.39 is 18.0 Å². The summed E-state index contributed by atoms with van der Waals surface area (Å²) in [7, 11) is 1.67. The molecule has 2 aromatic rings. The Balaban J connectivity index is 1.77. The Morgan fingerprint density at radius 1 is 1.36 bits per heavy atom. The van der Waals surface area contributed by atoms with Gasteiger partial charge in [0.25, 0.3) is 5.91 Å². The number of ether oxygens (including phenoxy) is 1. The summed E-state index contributed by atoms with van der Waals surface area (Å²) in [6.45, 7) is -0.163. The molecule has 22 heavy (non-hydrogen) atoms. The van der Waals surface area contributed by atoms with Gasteiger partial charge < -0.3 is 19.7 Å². The number of benzene rings is 1. The maximum atomic E-state index is 11.8. The van der Waals surface area contributed by atoms with E-state index in [0.717, 1.165) is 5.56 Å². The highest BCUT2D eigenvalue weighted by Crippen LogP contribution is 2.02. The van der Waals surface area contributed by atoms with Crippen molar-refractivity contribution in [3.8, 4) is 0 Å². The van der Waals surface area contributed by atoms with Crippen LogP contribution in [0.15, 0.2) is 42.7 Å². The summed E-state index contributed by atoms with van der Waals surface area (Å²) < 4.78 is 6.51. The number of esters is 1. The van der Waals surface area contributed by atoms with Crippen LogP contribution in [0.1, 0.15) is 16.2 Å². The van der Waals surface area contributed by atoms with Gasteiger partial charge in [-0.05, 0) is 5.56 Å². The Labute approximate surface area is 127 Å². The molecule has 0 aliphatic heterocycles. The van der Waals surface area contributed by atoms with Crippen molar-refractivity contribution >= 4 is 11.9 Å². The van der Waals surface area contributed by atoms with E-state index in [1.807, 2.05) is 30.3 Å². The molecule has 0 fully saturated rings. The molecular weight excluding hydrogens is 286 g/mol. The molecule has 2 N–H and O–H groups in total. The minimum atomic E-state index is -1.42. The first-order chi connectivity index (χ1) is 10.6. The second-order valence-electron chi connectivity index (χ2n) is 4.68. The summed E-state index contributed by atoms with van der Waals surface area (Å²) in [5, 5.41) is 12.1. The lowest BCUT2D eigenvalue weighted by Gasteiger charge is -2.11. The van der Waals surface area contributed by atoms with Gasteiger partial charge in [-0.1, -0.05) is 30.3 Å². The van der Waals surface area contributed by atoms with E-state index in [0.29, 0.717) is 0 Å². The van der Waals surface area contributed by atoms with Crippen LogP contribution in [0.2, 0.25) is 0 Å². The van der Waals surface area contributed by atoms with Crippen molar-refractivity contribution in [1.29, 1.82) is 0 Å². The average molecular weight is 303 g/mol. The van der Waals surface area contributed by atoms with Crippen LogP contribution in [-0.4, -0.2) is 39.2 Å². The molecule has 2 rings (SSSR count). The normalized spacial score (nSPS) is 11.7. The van der Waals surface area contributed by atoms with Crippen molar-refractivity contribution in [3.05, 3.63) is 54.1 Å². The zero-order valence-corrected chi connectivity index (χ0v) is 12.1. The molecule has 116 valence electrons. The number of aryl methyl sites for hydroxylation is 1. The van der Waals surface area contributed by atoms with E-state index in [2.05, 4.69) is 10.3 Å². The summed E-state index contributed by atoms with van der Waals surface area (Å²) in [6, 6.07) is 9.12. The number of amides is 1. The number of imidazole rings is 1. The Morgan fingerprint density at radius 3 is 2.73 bits per heavy atom. The number of hydrogen-bond acceptors (Lipinski definition) is 5. The van der Waals surface area contributed by atoms with Crippen molar-refractivity contribution in [1.82, 2.24) is 14.9 Å². The number of aromatic nitrogens is 2. The van der Waals surface area contributed by atoms with Crippen LogP contribution >= 0.6 is 0 Å². The molecule has 0 aliphatic rings. The fourth-order valence-corrected chi connectivity index (χ4v) is 1.76. The minimum Gasteiger partial charge on any atom is -0.459 e. The Morgan fingerprint density at radius 2 is 2.09 bits per heavy atom. The van der Waals surface area contributed by atoms with Crippen molar-refractivity contribution in [2.24, 2.45) is 7.05 Å². The molecule has 1 amide bonds. The smallest absolute Gasteiger partial charge is 0.337 e. The Kier molecular flexibility index (Phi) is 5.26. The van der Waals surface area contributed by atoms with Crippen LogP contribution < -0.4 is 5.32 Å². The van der Waals surface area contributed by atoms with E-state index in [1.54, 1.807) is 13.2 Å². The lowest BCUT2D eigenvalue weighted by Crippen LogP contribution is -2.38. The van der Waals surface area contributed by atoms with E-state index in [1.165, 1.54) is 10.8 Å². The molecule has 0 saturated heterocycles. The van der Waals surface area contributed by atoms with Gasteiger partial charge in [-0.25, -0.2) is 9.78 Å². The molecule has 0 aliphatic carbocycles. The van der Waals surface area contributed by atoms with Crippen LogP contribution in [0.5, 0.6) is 0 Å². The molecule has 0 bridgehead atoms. The molecule has 1 atom stereocenters. The summed E-state index contributed by atoms with van der Waals surface area (Å²) >= 11 is 0.